The Morgan fingerprint density at radius 2 is 2.27 bits per heavy atom. The van der Waals surface area contributed by atoms with Gasteiger partial charge in [0.05, 0.1) is 13.2 Å². The van der Waals surface area contributed by atoms with Crippen molar-refractivity contribution in [1.29, 1.82) is 0 Å². The highest BCUT2D eigenvalue weighted by atomic mass is 16.6. The third-order valence-electron chi connectivity index (χ3n) is 2.58. The molecule has 0 N–H and O–H groups in total. The van der Waals surface area contributed by atoms with Gasteiger partial charge < -0.3 is 9.47 Å². The zero-order chi connectivity index (χ0) is 11.5. The summed E-state index contributed by atoms with van der Waals surface area (Å²) in [6, 6.07) is 0. The molecule has 1 saturated heterocycles. The summed E-state index contributed by atoms with van der Waals surface area (Å²) in [6.45, 7) is 6.32. The molecule has 0 bridgehead atoms. The van der Waals surface area contributed by atoms with E-state index in [9.17, 15) is 9.59 Å². The van der Waals surface area contributed by atoms with E-state index in [-0.39, 0.29) is 5.92 Å². The van der Waals surface area contributed by atoms with Crippen LogP contribution in [0.15, 0.2) is 0 Å². The standard InChI is InChI=1S/C11H18O4/c1-4-14-9(12)11(7-8(2)3)5-6-15-10(11)13/h8H,4-7H2,1-3H3. The molecule has 0 aromatic rings. The largest absolute Gasteiger partial charge is 0.465 e. The first-order valence-corrected chi connectivity index (χ1v) is 5.37. The van der Waals surface area contributed by atoms with Crippen LogP contribution in [0.3, 0.4) is 0 Å². The third-order valence-corrected chi connectivity index (χ3v) is 2.58. The molecule has 0 radical (unpaired) electrons. The van der Waals surface area contributed by atoms with Crippen molar-refractivity contribution in [2.24, 2.45) is 11.3 Å². The third kappa shape index (κ3) is 2.30. The zero-order valence-electron chi connectivity index (χ0n) is 9.54. The summed E-state index contributed by atoms with van der Waals surface area (Å²) in [6.07, 6.45) is 0.952. The zero-order valence-corrected chi connectivity index (χ0v) is 9.54. The molecule has 1 unspecified atom stereocenters. The molecule has 0 saturated carbocycles. The predicted molar refractivity (Wildman–Crippen MR) is 54.1 cm³/mol. The van der Waals surface area contributed by atoms with Crippen LogP contribution in [0.1, 0.15) is 33.6 Å². The second kappa shape index (κ2) is 4.64. The first kappa shape index (κ1) is 12.0. The molecule has 0 aromatic heterocycles. The Morgan fingerprint density at radius 3 is 2.67 bits per heavy atom. The van der Waals surface area contributed by atoms with Gasteiger partial charge in [-0.2, -0.15) is 0 Å². The number of hydrogen-bond donors (Lipinski definition) is 0. The Hall–Kier alpha value is -1.06. The van der Waals surface area contributed by atoms with Gasteiger partial charge in [0.1, 0.15) is 0 Å². The summed E-state index contributed by atoms with van der Waals surface area (Å²) < 4.78 is 9.86. The van der Waals surface area contributed by atoms with Gasteiger partial charge in [-0.25, -0.2) is 0 Å². The number of carbonyl (C=O) groups excluding carboxylic acids is 2. The molecule has 1 atom stereocenters. The normalized spacial score (nSPS) is 25.5. The van der Waals surface area contributed by atoms with Gasteiger partial charge in [0.25, 0.3) is 0 Å². The van der Waals surface area contributed by atoms with Gasteiger partial charge in [-0.05, 0) is 19.3 Å². The van der Waals surface area contributed by atoms with Crippen molar-refractivity contribution >= 4 is 11.9 Å². The van der Waals surface area contributed by atoms with Gasteiger partial charge in [0.2, 0.25) is 0 Å². The minimum absolute atomic E-state index is 0.264. The van der Waals surface area contributed by atoms with Crippen molar-refractivity contribution in [3.05, 3.63) is 0 Å². The molecule has 4 nitrogen and oxygen atoms in total. The first-order chi connectivity index (χ1) is 7.03. The highest BCUT2D eigenvalue weighted by molar-refractivity contribution is 6.01. The van der Waals surface area contributed by atoms with Crippen molar-refractivity contribution in [1.82, 2.24) is 0 Å². The summed E-state index contributed by atoms with van der Waals surface area (Å²) in [5.41, 5.74) is -1.04. The lowest BCUT2D eigenvalue weighted by molar-refractivity contribution is -0.165. The molecule has 0 spiro atoms. The number of rotatable bonds is 4. The first-order valence-electron chi connectivity index (χ1n) is 5.37. The second-order valence-electron chi connectivity index (χ2n) is 4.29. The Morgan fingerprint density at radius 1 is 1.60 bits per heavy atom. The van der Waals surface area contributed by atoms with Crippen molar-refractivity contribution in [2.75, 3.05) is 13.2 Å². The Bertz CT molecular complexity index is 259. The van der Waals surface area contributed by atoms with Crippen LogP contribution in [0.25, 0.3) is 0 Å². The fraction of sp³-hybridized carbons (Fsp3) is 0.818. The minimum Gasteiger partial charge on any atom is -0.465 e. The van der Waals surface area contributed by atoms with Crippen molar-refractivity contribution in [3.63, 3.8) is 0 Å². The van der Waals surface area contributed by atoms with E-state index < -0.39 is 17.4 Å². The summed E-state index contributed by atoms with van der Waals surface area (Å²) >= 11 is 0. The van der Waals surface area contributed by atoms with E-state index in [0.29, 0.717) is 26.1 Å². The van der Waals surface area contributed by atoms with Crippen molar-refractivity contribution in [3.8, 4) is 0 Å². The maximum atomic E-state index is 11.8. The number of ether oxygens (including phenoxy) is 2. The molecule has 15 heavy (non-hydrogen) atoms. The van der Waals surface area contributed by atoms with Crippen LogP contribution in [-0.2, 0) is 19.1 Å². The Labute approximate surface area is 89.9 Å². The van der Waals surface area contributed by atoms with Gasteiger partial charge >= 0.3 is 11.9 Å². The van der Waals surface area contributed by atoms with Crippen LogP contribution in [-0.4, -0.2) is 25.2 Å². The smallest absolute Gasteiger partial charge is 0.323 e. The lowest BCUT2D eigenvalue weighted by Crippen LogP contribution is -2.38. The number of esters is 2. The molecular formula is C11H18O4. The van der Waals surface area contributed by atoms with Gasteiger partial charge in [-0.15, -0.1) is 0 Å². The van der Waals surface area contributed by atoms with Gasteiger partial charge in [0.15, 0.2) is 5.41 Å². The number of carbonyl (C=O) groups is 2. The number of hydrogen-bond acceptors (Lipinski definition) is 4. The van der Waals surface area contributed by atoms with Gasteiger partial charge in [-0.1, -0.05) is 13.8 Å². The van der Waals surface area contributed by atoms with E-state index in [1.54, 1.807) is 6.92 Å². The van der Waals surface area contributed by atoms with Crippen LogP contribution < -0.4 is 0 Å². The van der Waals surface area contributed by atoms with Crippen LogP contribution in [0.5, 0.6) is 0 Å². The molecule has 86 valence electrons. The van der Waals surface area contributed by atoms with Crippen LogP contribution in [0.2, 0.25) is 0 Å². The molecule has 1 heterocycles. The topological polar surface area (TPSA) is 52.6 Å². The Balaban J connectivity index is 2.85. The van der Waals surface area contributed by atoms with Crippen LogP contribution in [0.4, 0.5) is 0 Å². The van der Waals surface area contributed by atoms with Crippen molar-refractivity contribution < 1.29 is 19.1 Å². The van der Waals surface area contributed by atoms with E-state index in [0.717, 1.165) is 0 Å². The lowest BCUT2D eigenvalue weighted by atomic mass is 9.79. The maximum Gasteiger partial charge on any atom is 0.323 e. The average molecular weight is 214 g/mol. The molecule has 4 heteroatoms. The quantitative estimate of drug-likeness (QED) is 0.526. The van der Waals surface area contributed by atoms with E-state index in [1.165, 1.54) is 0 Å². The molecule has 0 aliphatic carbocycles. The SMILES string of the molecule is CCOC(=O)C1(CC(C)C)CCOC1=O. The molecule has 1 aliphatic heterocycles. The van der Waals surface area contributed by atoms with E-state index in [1.807, 2.05) is 13.8 Å². The molecule has 1 aliphatic rings. The fourth-order valence-electron chi connectivity index (χ4n) is 1.98. The molecule has 1 fully saturated rings. The predicted octanol–water partition coefficient (Wildman–Crippen LogP) is 1.53. The monoisotopic (exact) mass is 214 g/mol. The molecule has 0 amide bonds. The summed E-state index contributed by atoms with van der Waals surface area (Å²) in [7, 11) is 0. The number of cyclic esters (lactones) is 1. The fourth-order valence-corrected chi connectivity index (χ4v) is 1.98. The summed E-state index contributed by atoms with van der Waals surface area (Å²) in [5.74, 6) is -0.587. The van der Waals surface area contributed by atoms with Crippen molar-refractivity contribution in [2.45, 2.75) is 33.6 Å². The molecule has 1 rings (SSSR count). The van der Waals surface area contributed by atoms with E-state index in [2.05, 4.69) is 0 Å². The highest BCUT2D eigenvalue weighted by Gasteiger charge is 2.52. The van der Waals surface area contributed by atoms with E-state index in [4.69, 9.17) is 9.47 Å². The van der Waals surface area contributed by atoms with Gasteiger partial charge in [-0.3, -0.25) is 9.59 Å². The molecular weight excluding hydrogens is 196 g/mol. The summed E-state index contributed by atoms with van der Waals surface area (Å²) in [5, 5.41) is 0. The van der Waals surface area contributed by atoms with E-state index >= 15 is 0 Å². The summed E-state index contributed by atoms with van der Waals surface area (Å²) in [4.78, 5) is 23.4. The second-order valence-corrected chi connectivity index (χ2v) is 4.29. The van der Waals surface area contributed by atoms with Crippen LogP contribution in [0, 0.1) is 11.3 Å². The lowest BCUT2D eigenvalue weighted by Gasteiger charge is -2.23. The minimum atomic E-state index is -1.04. The Kier molecular flexibility index (Phi) is 3.72. The maximum absolute atomic E-state index is 11.8. The molecule has 0 aromatic carbocycles. The van der Waals surface area contributed by atoms with Gasteiger partial charge in [0, 0.05) is 6.42 Å². The highest BCUT2D eigenvalue weighted by Crippen LogP contribution is 2.37. The average Bonchev–Trinajstić information content (AvgIpc) is 2.48. The van der Waals surface area contributed by atoms with Crippen LogP contribution >= 0.6 is 0 Å².